The van der Waals surface area contributed by atoms with Gasteiger partial charge in [0.05, 0.1) is 27.2 Å². The van der Waals surface area contributed by atoms with Crippen molar-refractivity contribution < 1.29 is 18.0 Å². The number of aromatic nitrogens is 1. The fourth-order valence-electron chi connectivity index (χ4n) is 2.68. The second-order valence-corrected chi connectivity index (χ2v) is 9.14. The lowest BCUT2D eigenvalue weighted by atomic mass is 10.1. The van der Waals surface area contributed by atoms with E-state index in [9.17, 15) is 18.0 Å². The third-order valence-electron chi connectivity index (χ3n) is 3.90. The van der Waals surface area contributed by atoms with Crippen molar-refractivity contribution in [2.45, 2.75) is 9.79 Å². The van der Waals surface area contributed by atoms with E-state index in [2.05, 4.69) is 15.6 Å². The van der Waals surface area contributed by atoms with Crippen LogP contribution in [-0.2, 0) is 9.84 Å². The van der Waals surface area contributed by atoms with Crippen molar-refractivity contribution in [1.82, 2.24) is 4.98 Å². The zero-order chi connectivity index (χ0) is 19.2. The molecule has 2 aromatic carbocycles. The van der Waals surface area contributed by atoms with Crippen LogP contribution in [0.4, 0.5) is 10.8 Å². The number of fused-ring (bicyclic) bond motifs is 2. The van der Waals surface area contributed by atoms with Crippen LogP contribution in [0.15, 0.2) is 58.5 Å². The van der Waals surface area contributed by atoms with Crippen LogP contribution in [0.1, 0.15) is 20.7 Å². The van der Waals surface area contributed by atoms with Crippen molar-refractivity contribution >= 4 is 55.4 Å². The fourth-order valence-corrected chi connectivity index (χ4v) is 5.08. The molecule has 3 aromatic rings. The molecule has 136 valence electrons. The lowest BCUT2D eigenvalue weighted by molar-refractivity contribution is 0.101. The number of nitrogens with zero attached hydrogens (tertiary/aromatic N) is 1. The van der Waals surface area contributed by atoms with E-state index in [1.165, 1.54) is 36.5 Å². The lowest BCUT2D eigenvalue weighted by Gasteiger charge is -2.09. The Labute approximate surface area is 162 Å². The number of hydrogen-bond acceptors (Lipinski definition) is 6. The summed E-state index contributed by atoms with van der Waals surface area (Å²) in [5, 5.41) is 5.45. The summed E-state index contributed by atoms with van der Waals surface area (Å²) in [7, 11) is -3.91. The molecule has 0 radical (unpaired) electrons. The van der Waals surface area contributed by atoms with Gasteiger partial charge in [-0.25, -0.2) is 13.4 Å². The van der Waals surface area contributed by atoms with E-state index in [1.807, 2.05) is 0 Å². The number of sulfone groups is 1. The molecule has 27 heavy (non-hydrogen) atoms. The number of benzene rings is 2. The van der Waals surface area contributed by atoms with Gasteiger partial charge in [0.2, 0.25) is 9.84 Å². The third kappa shape index (κ3) is 3.09. The highest BCUT2D eigenvalue weighted by Gasteiger charge is 2.31. The first-order valence-corrected chi connectivity index (χ1v) is 10.3. The average Bonchev–Trinajstić information content (AvgIpc) is 3.02. The molecule has 2 N–H and O–H groups in total. The zero-order valence-electron chi connectivity index (χ0n) is 13.4. The molecule has 1 aliphatic heterocycles. The van der Waals surface area contributed by atoms with Gasteiger partial charge >= 0.3 is 0 Å². The smallest absolute Gasteiger partial charge is 0.257 e. The Morgan fingerprint density at radius 1 is 1.15 bits per heavy atom. The van der Waals surface area contributed by atoms with Crippen LogP contribution in [-0.4, -0.2) is 25.2 Å². The highest BCUT2D eigenvalue weighted by molar-refractivity contribution is 7.91. The third-order valence-corrected chi connectivity index (χ3v) is 6.80. The molecular formula is C17H10ClN3O4S2. The second kappa shape index (κ2) is 6.45. The van der Waals surface area contributed by atoms with E-state index >= 15 is 0 Å². The molecule has 0 spiro atoms. The molecule has 0 bridgehead atoms. The normalized spacial score (nSPS) is 14.5. The highest BCUT2D eigenvalue weighted by Crippen LogP contribution is 2.34. The first-order chi connectivity index (χ1) is 12.9. The lowest BCUT2D eigenvalue weighted by Crippen LogP contribution is -2.14. The number of carbonyl (C=O) groups excluding carboxylic acids is 2. The Bertz CT molecular complexity index is 1200. The Balaban J connectivity index is 1.76. The summed E-state index contributed by atoms with van der Waals surface area (Å²) < 4.78 is 26.3. The number of amides is 2. The summed E-state index contributed by atoms with van der Waals surface area (Å²) in [4.78, 5) is 28.6. The number of rotatable bonds is 2. The van der Waals surface area contributed by atoms with Crippen molar-refractivity contribution in [1.29, 1.82) is 0 Å². The van der Waals surface area contributed by atoms with Gasteiger partial charge in [0.15, 0.2) is 5.13 Å². The van der Waals surface area contributed by atoms with Crippen molar-refractivity contribution in [3.8, 4) is 0 Å². The Morgan fingerprint density at radius 2 is 1.93 bits per heavy atom. The standard InChI is InChI=1S/C17H10ClN3O4S2/c18-14-8-19-17(26-14)21-15(22)9-5-6-13-11(7-9)20-16(23)10-3-1-2-4-12(10)27(13,24)25/h1-8H,(H,20,23)(H,19,21,22). The van der Waals surface area contributed by atoms with Gasteiger partial charge in [-0.3, -0.25) is 14.9 Å². The second-order valence-electron chi connectivity index (χ2n) is 5.59. The van der Waals surface area contributed by atoms with Crippen molar-refractivity contribution in [2.75, 3.05) is 10.6 Å². The van der Waals surface area contributed by atoms with Gasteiger partial charge in [0.25, 0.3) is 11.8 Å². The molecular weight excluding hydrogens is 410 g/mol. The van der Waals surface area contributed by atoms with Crippen LogP contribution in [0.25, 0.3) is 0 Å². The molecule has 0 fully saturated rings. The molecule has 0 atom stereocenters. The van der Waals surface area contributed by atoms with Crippen LogP contribution in [0, 0.1) is 0 Å². The number of hydrogen-bond donors (Lipinski definition) is 2. The molecule has 1 aliphatic rings. The van der Waals surface area contributed by atoms with Crippen molar-refractivity contribution in [3.63, 3.8) is 0 Å². The maximum atomic E-state index is 12.9. The summed E-state index contributed by atoms with van der Waals surface area (Å²) in [6.07, 6.45) is 1.41. The van der Waals surface area contributed by atoms with Gasteiger partial charge in [0, 0.05) is 5.56 Å². The fraction of sp³-hybridized carbons (Fsp3) is 0. The van der Waals surface area contributed by atoms with E-state index < -0.39 is 21.7 Å². The van der Waals surface area contributed by atoms with E-state index in [-0.39, 0.29) is 26.6 Å². The van der Waals surface area contributed by atoms with Crippen LogP contribution in [0.5, 0.6) is 0 Å². The first kappa shape index (κ1) is 17.7. The molecule has 0 saturated heterocycles. The summed E-state index contributed by atoms with van der Waals surface area (Å²) in [5.41, 5.74) is 0.264. The van der Waals surface area contributed by atoms with Crippen LogP contribution in [0.2, 0.25) is 4.34 Å². The number of thiazole rings is 1. The maximum Gasteiger partial charge on any atom is 0.257 e. The summed E-state index contributed by atoms with van der Waals surface area (Å²) in [6.45, 7) is 0. The van der Waals surface area contributed by atoms with Gasteiger partial charge in [-0.05, 0) is 30.3 Å². The molecule has 0 saturated carbocycles. The Hall–Kier alpha value is -2.75. The van der Waals surface area contributed by atoms with Gasteiger partial charge < -0.3 is 5.32 Å². The monoisotopic (exact) mass is 419 g/mol. The van der Waals surface area contributed by atoms with Gasteiger partial charge in [0.1, 0.15) is 4.34 Å². The van der Waals surface area contributed by atoms with E-state index in [1.54, 1.807) is 12.1 Å². The highest BCUT2D eigenvalue weighted by atomic mass is 35.5. The molecule has 4 rings (SSSR count). The molecule has 0 aliphatic carbocycles. The molecule has 2 amide bonds. The largest absolute Gasteiger partial charge is 0.321 e. The topological polar surface area (TPSA) is 105 Å². The summed E-state index contributed by atoms with van der Waals surface area (Å²) >= 11 is 6.88. The molecule has 2 heterocycles. The van der Waals surface area contributed by atoms with Crippen molar-refractivity contribution in [2.24, 2.45) is 0 Å². The summed E-state index contributed by atoms with van der Waals surface area (Å²) in [6, 6.07) is 9.96. The van der Waals surface area contributed by atoms with Crippen molar-refractivity contribution in [3.05, 3.63) is 64.1 Å². The quantitative estimate of drug-likeness (QED) is 0.661. The molecule has 1 aromatic heterocycles. The van der Waals surface area contributed by atoms with E-state index in [0.717, 1.165) is 11.3 Å². The SMILES string of the molecule is O=C(Nc1ncc(Cl)s1)c1ccc2c(c1)NC(=O)c1ccccc1S2(=O)=O. The van der Waals surface area contributed by atoms with E-state index in [4.69, 9.17) is 11.6 Å². The minimum Gasteiger partial charge on any atom is -0.321 e. The average molecular weight is 420 g/mol. The number of anilines is 2. The van der Waals surface area contributed by atoms with Gasteiger partial charge in [-0.15, -0.1) is 0 Å². The summed E-state index contributed by atoms with van der Waals surface area (Å²) in [5.74, 6) is -1.06. The Kier molecular flexibility index (Phi) is 4.22. The maximum absolute atomic E-state index is 12.9. The Morgan fingerprint density at radius 3 is 2.67 bits per heavy atom. The first-order valence-electron chi connectivity index (χ1n) is 7.58. The number of carbonyl (C=O) groups is 2. The predicted molar refractivity (Wildman–Crippen MR) is 101 cm³/mol. The van der Waals surface area contributed by atoms with Crippen LogP contribution >= 0.6 is 22.9 Å². The zero-order valence-corrected chi connectivity index (χ0v) is 15.8. The minimum absolute atomic E-state index is 0.0426. The molecule has 7 nitrogen and oxygen atoms in total. The minimum atomic E-state index is -3.91. The van der Waals surface area contributed by atoms with Gasteiger partial charge in [-0.2, -0.15) is 0 Å². The van der Waals surface area contributed by atoms with Gasteiger partial charge in [-0.1, -0.05) is 35.1 Å². The van der Waals surface area contributed by atoms with Crippen LogP contribution in [0.3, 0.4) is 0 Å². The van der Waals surface area contributed by atoms with E-state index in [0.29, 0.717) is 9.47 Å². The molecule has 10 heteroatoms. The van der Waals surface area contributed by atoms with Crippen LogP contribution < -0.4 is 10.6 Å². The number of nitrogens with one attached hydrogen (secondary N) is 2. The number of halogens is 1. The predicted octanol–water partition coefficient (Wildman–Crippen LogP) is 3.45. The molecule has 0 unspecified atom stereocenters.